The summed E-state index contributed by atoms with van der Waals surface area (Å²) in [5, 5.41) is 3.69. The Labute approximate surface area is 189 Å². The molecule has 0 saturated carbocycles. The number of thiophene rings is 1. The predicted octanol–water partition coefficient (Wildman–Crippen LogP) is 4.00. The first kappa shape index (κ1) is 21.0. The summed E-state index contributed by atoms with van der Waals surface area (Å²) in [5.74, 6) is 0.498. The van der Waals surface area contributed by atoms with Gasteiger partial charge in [0.2, 0.25) is 10.0 Å². The second-order valence-corrected chi connectivity index (χ2v) is 10.6. The number of ether oxygens (including phenoxy) is 1. The van der Waals surface area contributed by atoms with Crippen molar-refractivity contribution in [1.82, 2.24) is 9.62 Å². The van der Waals surface area contributed by atoms with Gasteiger partial charge in [0.25, 0.3) is 5.91 Å². The van der Waals surface area contributed by atoms with E-state index in [4.69, 9.17) is 9.15 Å². The first-order valence-corrected chi connectivity index (χ1v) is 12.7. The number of piperidine rings is 1. The fourth-order valence-electron chi connectivity index (χ4n) is 3.97. The van der Waals surface area contributed by atoms with E-state index < -0.39 is 10.0 Å². The summed E-state index contributed by atoms with van der Waals surface area (Å²) in [6.07, 6.45) is 1.15. The first-order valence-electron chi connectivity index (χ1n) is 10.4. The molecule has 0 atom stereocenters. The molecule has 0 spiro atoms. The summed E-state index contributed by atoms with van der Waals surface area (Å²) < 4.78 is 39.4. The van der Waals surface area contributed by atoms with Crippen LogP contribution >= 0.6 is 11.3 Å². The highest BCUT2D eigenvalue weighted by Crippen LogP contribution is 2.31. The van der Waals surface area contributed by atoms with Crippen molar-refractivity contribution in [1.29, 1.82) is 0 Å². The Hall–Kier alpha value is -2.88. The fraction of sp³-hybridized carbons (Fsp3) is 0.261. The van der Waals surface area contributed by atoms with Crippen molar-refractivity contribution in [3.63, 3.8) is 0 Å². The van der Waals surface area contributed by atoms with Gasteiger partial charge in [0.1, 0.15) is 21.1 Å². The number of benzene rings is 2. The highest BCUT2D eigenvalue weighted by Gasteiger charge is 2.27. The van der Waals surface area contributed by atoms with Gasteiger partial charge in [-0.3, -0.25) is 4.79 Å². The van der Waals surface area contributed by atoms with Crippen molar-refractivity contribution in [3.8, 4) is 5.75 Å². The molecule has 0 unspecified atom stereocenters. The number of nitrogens with zero attached hydrogens (tertiary/aromatic N) is 1. The van der Waals surface area contributed by atoms with Gasteiger partial charge in [-0.25, -0.2) is 13.1 Å². The Morgan fingerprint density at radius 2 is 1.84 bits per heavy atom. The molecule has 3 heterocycles. The SMILES string of the molecule is O=C(COc1ccc2oc3ccccc3c2c1)N1CCC(NS(=O)(=O)c2cccs2)CC1. The quantitative estimate of drug-likeness (QED) is 0.460. The maximum absolute atomic E-state index is 12.6. The normalized spacial score (nSPS) is 15.4. The fourth-order valence-corrected chi connectivity index (χ4v) is 6.29. The summed E-state index contributed by atoms with van der Waals surface area (Å²) in [5.41, 5.74) is 1.59. The number of nitrogens with one attached hydrogen (secondary N) is 1. The van der Waals surface area contributed by atoms with Crippen LogP contribution in [-0.2, 0) is 14.8 Å². The Balaban J connectivity index is 1.16. The number of carbonyl (C=O) groups excluding carboxylic acids is 1. The van der Waals surface area contributed by atoms with Gasteiger partial charge >= 0.3 is 0 Å². The Morgan fingerprint density at radius 3 is 2.62 bits per heavy atom. The Bertz CT molecular complexity index is 1350. The van der Waals surface area contributed by atoms with Crippen molar-refractivity contribution in [3.05, 3.63) is 60.0 Å². The molecule has 1 saturated heterocycles. The molecular weight excluding hydrogens is 448 g/mol. The van der Waals surface area contributed by atoms with Crippen LogP contribution in [0.3, 0.4) is 0 Å². The van der Waals surface area contributed by atoms with Crippen LogP contribution in [0, 0.1) is 0 Å². The predicted molar refractivity (Wildman–Crippen MR) is 123 cm³/mol. The van der Waals surface area contributed by atoms with E-state index in [1.165, 1.54) is 11.3 Å². The smallest absolute Gasteiger partial charge is 0.260 e. The molecule has 32 heavy (non-hydrogen) atoms. The Morgan fingerprint density at radius 1 is 1.06 bits per heavy atom. The molecular formula is C23H22N2O5S2. The molecule has 166 valence electrons. The lowest BCUT2D eigenvalue weighted by Crippen LogP contribution is -2.47. The summed E-state index contributed by atoms with van der Waals surface area (Å²) >= 11 is 1.19. The number of fused-ring (bicyclic) bond motifs is 3. The topological polar surface area (TPSA) is 88.8 Å². The van der Waals surface area contributed by atoms with Gasteiger partial charge < -0.3 is 14.1 Å². The minimum atomic E-state index is -3.50. The average molecular weight is 471 g/mol. The van der Waals surface area contributed by atoms with Gasteiger partial charge in [-0.2, -0.15) is 0 Å². The summed E-state index contributed by atoms with van der Waals surface area (Å²) in [6, 6.07) is 16.5. The van der Waals surface area contributed by atoms with Crippen molar-refractivity contribution < 1.29 is 22.4 Å². The first-order chi connectivity index (χ1) is 15.5. The Kier molecular flexibility index (Phi) is 5.62. The number of likely N-dealkylation sites (tertiary alicyclic amines) is 1. The van der Waals surface area contributed by atoms with Gasteiger partial charge in [-0.1, -0.05) is 24.3 Å². The lowest BCUT2D eigenvalue weighted by Gasteiger charge is -2.32. The van der Waals surface area contributed by atoms with Crippen LogP contribution in [0.4, 0.5) is 0 Å². The maximum atomic E-state index is 12.6. The van der Waals surface area contributed by atoms with Gasteiger partial charge in [0.05, 0.1) is 0 Å². The highest BCUT2D eigenvalue weighted by atomic mass is 32.2. The van der Waals surface area contributed by atoms with Crippen LogP contribution in [0.2, 0.25) is 0 Å². The minimum absolute atomic E-state index is 0.0626. The van der Waals surface area contributed by atoms with E-state index >= 15 is 0 Å². The molecule has 2 aromatic carbocycles. The number of carbonyl (C=O) groups is 1. The number of amides is 1. The molecule has 9 heteroatoms. The molecule has 0 aliphatic carbocycles. The van der Waals surface area contributed by atoms with Crippen LogP contribution in [0.25, 0.3) is 21.9 Å². The number of hydrogen-bond donors (Lipinski definition) is 1. The van der Waals surface area contributed by atoms with Crippen molar-refractivity contribution in [2.24, 2.45) is 0 Å². The molecule has 1 amide bonds. The molecule has 1 fully saturated rings. The van der Waals surface area contributed by atoms with Gasteiger partial charge in [0, 0.05) is 29.9 Å². The van der Waals surface area contributed by atoms with E-state index in [-0.39, 0.29) is 18.6 Å². The third-order valence-corrected chi connectivity index (χ3v) is 8.56. The van der Waals surface area contributed by atoms with Crippen LogP contribution in [0.5, 0.6) is 5.75 Å². The van der Waals surface area contributed by atoms with E-state index in [0.717, 1.165) is 21.9 Å². The number of sulfonamides is 1. The number of para-hydroxylation sites is 1. The molecule has 1 aliphatic rings. The van der Waals surface area contributed by atoms with E-state index in [1.807, 2.05) is 36.4 Å². The van der Waals surface area contributed by atoms with Gasteiger partial charge in [0.15, 0.2) is 6.61 Å². The molecule has 4 aromatic rings. The number of rotatable bonds is 6. The summed E-state index contributed by atoms with van der Waals surface area (Å²) in [4.78, 5) is 14.3. The standard InChI is InChI=1S/C23H22N2O5S2/c26-22(25-11-9-16(10-12-25)24-32(27,28)23-6-3-13-31-23)15-29-17-7-8-21-19(14-17)18-4-1-2-5-20(18)30-21/h1-8,13-14,16,24H,9-12,15H2. The molecule has 5 rings (SSSR count). The molecule has 0 radical (unpaired) electrons. The van der Waals surface area contributed by atoms with Crippen LogP contribution < -0.4 is 9.46 Å². The molecule has 7 nitrogen and oxygen atoms in total. The molecule has 1 aliphatic heterocycles. The molecule has 2 aromatic heterocycles. The second kappa shape index (κ2) is 8.57. The summed E-state index contributed by atoms with van der Waals surface area (Å²) in [7, 11) is -3.50. The van der Waals surface area contributed by atoms with Crippen LogP contribution in [0.15, 0.2) is 68.6 Å². The van der Waals surface area contributed by atoms with Crippen LogP contribution in [-0.4, -0.2) is 45.0 Å². The minimum Gasteiger partial charge on any atom is -0.484 e. The average Bonchev–Trinajstić information content (AvgIpc) is 3.46. The van der Waals surface area contributed by atoms with Crippen molar-refractivity contribution in [2.75, 3.05) is 19.7 Å². The van der Waals surface area contributed by atoms with Crippen LogP contribution in [0.1, 0.15) is 12.8 Å². The number of furan rings is 1. The van der Waals surface area contributed by atoms with E-state index in [0.29, 0.717) is 35.9 Å². The third kappa shape index (κ3) is 4.23. The van der Waals surface area contributed by atoms with E-state index in [1.54, 1.807) is 28.5 Å². The largest absolute Gasteiger partial charge is 0.484 e. The molecule has 0 bridgehead atoms. The summed E-state index contributed by atoms with van der Waals surface area (Å²) in [6.45, 7) is 0.920. The van der Waals surface area contributed by atoms with E-state index in [9.17, 15) is 13.2 Å². The van der Waals surface area contributed by atoms with Crippen molar-refractivity contribution >= 4 is 49.2 Å². The second-order valence-electron chi connectivity index (χ2n) is 7.75. The lowest BCUT2D eigenvalue weighted by atomic mass is 10.1. The van der Waals surface area contributed by atoms with Gasteiger partial charge in [-0.15, -0.1) is 11.3 Å². The lowest BCUT2D eigenvalue weighted by molar-refractivity contribution is -0.134. The maximum Gasteiger partial charge on any atom is 0.260 e. The van der Waals surface area contributed by atoms with E-state index in [2.05, 4.69) is 4.72 Å². The third-order valence-electron chi connectivity index (χ3n) is 5.64. The zero-order chi connectivity index (χ0) is 22.1. The monoisotopic (exact) mass is 470 g/mol. The zero-order valence-electron chi connectivity index (χ0n) is 17.2. The van der Waals surface area contributed by atoms with Gasteiger partial charge in [-0.05, 0) is 48.6 Å². The van der Waals surface area contributed by atoms with Crippen molar-refractivity contribution in [2.45, 2.75) is 23.1 Å². The zero-order valence-corrected chi connectivity index (χ0v) is 18.8. The highest BCUT2D eigenvalue weighted by molar-refractivity contribution is 7.91. The molecule has 1 N–H and O–H groups in total. The number of hydrogen-bond acceptors (Lipinski definition) is 6.